The van der Waals surface area contributed by atoms with Crippen LogP contribution in [0.15, 0.2) is 12.3 Å². The van der Waals surface area contributed by atoms with Crippen molar-refractivity contribution in [3.05, 3.63) is 33.6 Å². The maximum absolute atomic E-state index is 10.7. The molecule has 0 saturated heterocycles. The summed E-state index contributed by atoms with van der Waals surface area (Å²) in [6.07, 6.45) is 2.30. The van der Waals surface area contributed by atoms with Crippen molar-refractivity contribution in [2.75, 3.05) is 0 Å². The lowest BCUT2D eigenvalue weighted by Crippen LogP contribution is -2.10. The number of hydrogen-bond acceptors (Lipinski definition) is 3. The van der Waals surface area contributed by atoms with Crippen LogP contribution in [0.4, 0.5) is 5.69 Å². The standard InChI is InChI=1S/C11H15BrN2O2/c1-4-9(8(3)12)10-5-7(2)11(6-13-10)14(15)16/h5-6,8-9H,4H2,1-3H3. The lowest BCUT2D eigenvalue weighted by atomic mass is 9.97. The zero-order valence-corrected chi connectivity index (χ0v) is 11.2. The minimum atomic E-state index is -0.398. The highest BCUT2D eigenvalue weighted by Crippen LogP contribution is 2.28. The van der Waals surface area contributed by atoms with Crippen molar-refractivity contribution >= 4 is 21.6 Å². The molecule has 4 nitrogen and oxygen atoms in total. The molecule has 2 atom stereocenters. The molecule has 1 aromatic rings. The van der Waals surface area contributed by atoms with E-state index in [1.165, 1.54) is 6.20 Å². The van der Waals surface area contributed by atoms with Crippen LogP contribution in [0, 0.1) is 17.0 Å². The number of aromatic nitrogens is 1. The van der Waals surface area contributed by atoms with E-state index in [4.69, 9.17) is 0 Å². The van der Waals surface area contributed by atoms with Gasteiger partial charge in [0.05, 0.1) is 4.92 Å². The Balaban J connectivity index is 3.09. The quantitative estimate of drug-likeness (QED) is 0.483. The first-order valence-electron chi connectivity index (χ1n) is 5.22. The van der Waals surface area contributed by atoms with E-state index in [2.05, 4.69) is 34.8 Å². The van der Waals surface area contributed by atoms with Gasteiger partial charge in [0.1, 0.15) is 6.20 Å². The Labute approximate surface area is 103 Å². The van der Waals surface area contributed by atoms with Crippen molar-refractivity contribution < 1.29 is 4.92 Å². The maximum atomic E-state index is 10.7. The fourth-order valence-electron chi connectivity index (χ4n) is 1.73. The molecule has 0 aliphatic heterocycles. The average Bonchev–Trinajstić information content (AvgIpc) is 2.17. The molecule has 0 aromatic carbocycles. The molecule has 0 bridgehead atoms. The van der Waals surface area contributed by atoms with Crippen LogP contribution >= 0.6 is 15.9 Å². The van der Waals surface area contributed by atoms with Gasteiger partial charge in [-0.2, -0.15) is 0 Å². The van der Waals surface area contributed by atoms with Crippen LogP contribution in [0.1, 0.15) is 37.4 Å². The van der Waals surface area contributed by atoms with Crippen molar-refractivity contribution in [3.8, 4) is 0 Å². The highest BCUT2D eigenvalue weighted by Gasteiger charge is 2.19. The molecule has 0 radical (unpaired) electrons. The summed E-state index contributed by atoms with van der Waals surface area (Å²) in [5.74, 6) is 0.291. The fraction of sp³-hybridized carbons (Fsp3) is 0.545. The van der Waals surface area contributed by atoms with Gasteiger partial charge >= 0.3 is 0 Å². The van der Waals surface area contributed by atoms with Crippen LogP contribution in [0.5, 0.6) is 0 Å². The summed E-state index contributed by atoms with van der Waals surface area (Å²) in [6, 6.07) is 1.81. The topological polar surface area (TPSA) is 56.0 Å². The van der Waals surface area contributed by atoms with E-state index in [-0.39, 0.29) is 5.69 Å². The predicted molar refractivity (Wildman–Crippen MR) is 67.0 cm³/mol. The summed E-state index contributed by atoms with van der Waals surface area (Å²) in [6.45, 7) is 5.89. The summed E-state index contributed by atoms with van der Waals surface area (Å²) < 4.78 is 0. The molecule has 0 saturated carbocycles. The highest BCUT2D eigenvalue weighted by molar-refractivity contribution is 9.09. The number of halogens is 1. The van der Waals surface area contributed by atoms with Gasteiger partial charge in [0.25, 0.3) is 5.69 Å². The van der Waals surface area contributed by atoms with E-state index < -0.39 is 4.92 Å². The van der Waals surface area contributed by atoms with Gasteiger partial charge in [-0.15, -0.1) is 0 Å². The van der Waals surface area contributed by atoms with Crippen molar-refractivity contribution in [1.29, 1.82) is 0 Å². The van der Waals surface area contributed by atoms with Crippen molar-refractivity contribution in [2.24, 2.45) is 0 Å². The molecular weight excluding hydrogens is 272 g/mol. The molecule has 0 fully saturated rings. The third-order valence-corrected chi connectivity index (χ3v) is 3.31. The molecule has 1 heterocycles. The van der Waals surface area contributed by atoms with Crippen molar-refractivity contribution in [2.45, 2.75) is 37.9 Å². The molecule has 0 aliphatic rings. The van der Waals surface area contributed by atoms with E-state index in [1.807, 2.05) is 6.07 Å². The molecule has 0 amide bonds. The monoisotopic (exact) mass is 286 g/mol. The molecule has 0 aliphatic carbocycles. The minimum absolute atomic E-state index is 0.0841. The molecule has 1 aromatic heterocycles. The molecule has 0 spiro atoms. The third kappa shape index (κ3) is 2.78. The normalized spacial score (nSPS) is 14.5. The number of aryl methyl sites for hydroxylation is 1. The first-order valence-corrected chi connectivity index (χ1v) is 6.14. The van der Waals surface area contributed by atoms with E-state index in [0.717, 1.165) is 12.1 Å². The van der Waals surface area contributed by atoms with Gasteiger partial charge in [-0.1, -0.05) is 29.8 Å². The molecule has 1 rings (SSSR count). The Morgan fingerprint density at radius 3 is 2.62 bits per heavy atom. The maximum Gasteiger partial charge on any atom is 0.290 e. The Morgan fingerprint density at radius 1 is 1.62 bits per heavy atom. The number of alkyl halides is 1. The second kappa shape index (κ2) is 5.39. The number of hydrogen-bond donors (Lipinski definition) is 0. The summed E-state index contributed by atoms with van der Waals surface area (Å²) in [5.41, 5.74) is 1.66. The Bertz CT molecular complexity index is 394. The van der Waals surface area contributed by atoms with Gasteiger partial charge in [0, 0.05) is 22.0 Å². The largest absolute Gasteiger partial charge is 0.290 e. The van der Waals surface area contributed by atoms with Gasteiger partial charge in [-0.05, 0) is 19.4 Å². The van der Waals surface area contributed by atoms with Gasteiger partial charge in [-0.3, -0.25) is 15.1 Å². The summed E-state index contributed by atoms with van der Waals surface area (Å²) in [4.78, 5) is 14.8. The van der Waals surface area contributed by atoms with Crippen LogP contribution in [-0.4, -0.2) is 14.7 Å². The zero-order valence-electron chi connectivity index (χ0n) is 9.61. The van der Waals surface area contributed by atoms with Gasteiger partial charge in [-0.25, -0.2) is 0 Å². The molecule has 2 unspecified atom stereocenters. The molecule has 5 heteroatoms. The Morgan fingerprint density at radius 2 is 2.25 bits per heavy atom. The minimum Gasteiger partial charge on any atom is -0.258 e. The smallest absolute Gasteiger partial charge is 0.258 e. The summed E-state index contributed by atoms with van der Waals surface area (Å²) in [5, 5.41) is 10.7. The third-order valence-electron chi connectivity index (χ3n) is 2.68. The summed E-state index contributed by atoms with van der Waals surface area (Å²) in [7, 11) is 0. The number of pyridine rings is 1. The fourth-order valence-corrected chi connectivity index (χ4v) is 2.38. The average molecular weight is 287 g/mol. The number of rotatable bonds is 4. The second-order valence-corrected chi connectivity index (χ2v) is 5.29. The number of nitro groups is 1. The number of nitrogens with zero attached hydrogens (tertiary/aromatic N) is 2. The Kier molecular flexibility index (Phi) is 4.41. The van der Waals surface area contributed by atoms with Crippen molar-refractivity contribution in [1.82, 2.24) is 4.98 Å². The lowest BCUT2D eigenvalue weighted by Gasteiger charge is -2.17. The first kappa shape index (κ1) is 13.1. The summed E-state index contributed by atoms with van der Waals surface area (Å²) >= 11 is 3.54. The predicted octanol–water partition coefficient (Wildman–Crippen LogP) is 3.58. The van der Waals surface area contributed by atoms with Crippen molar-refractivity contribution in [3.63, 3.8) is 0 Å². The van der Waals surface area contributed by atoms with E-state index in [0.29, 0.717) is 16.3 Å². The second-order valence-electron chi connectivity index (χ2n) is 3.85. The van der Waals surface area contributed by atoms with Gasteiger partial charge < -0.3 is 0 Å². The molecular formula is C11H15BrN2O2. The lowest BCUT2D eigenvalue weighted by molar-refractivity contribution is -0.385. The SMILES string of the molecule is CCC(c1cc(C)c([N+](=O)[O-])cn1)C(C)Br. The molecule has 16 heavy (non-hydrogen) atoms. The highest BCUT2D eigenvalue weighted by atomic mass is 79.9. The van der Waals surface area contributed by atoms with Crippen LogP contribution in [0.3, 0.4) is 0 Å². The molecule has 0 N–H and O–H groups in total. The van der Waals surface area contributed by atoms with E-state index in [1.54, 1.807) is 6.92 Å². The molecule has 88 valence electrons. The van der Waals surface area contributed by atoms with E-state index in [9.17, 15) is 10.1 Å². The Hall–Kier alpha value is -0.970. The zero-order chi connectivity index (χ0) is 12.3. The van der Waals surface area contributed by atoms with Gasteiger partial charge in [0.2, 0.25) is 0 Å². The van der Waals surface area contributed by atoms with E-state index >= 15 is 0 Å². The van der Waals surface area contributed by atoms with Crippen LogP contribution in [0.25, 0.3) is 0 Å². The van der Waals surface area contributed by atoms with Gasteiger partial charge in [0.15, 0.2) is 0 Å². The van der Waals surface area contributed by atoms with Crippen LogP contribution in [-0.2, 0) is 0 Å². The van der Waals surface area contributed by atoms with Crippen LogP contribution in [0.2, 0.25) is 0 Å². The van der Waals surface area contributed by atoms with Crippen LogP contribution < -0.4 is 0 Å². The first-order chi connectivity index (χ1) is 7.47.